The van der Waals surface area contributed by atoms with Crippen LogP contribution >= 0.6 is 0 Å². The van der Waals surface area contributed by atoms with Gasteiger partial charge in [0.2, 0.25) is 10.0 Å². The minimum Gasteiger partial charge on any atom is -0.398 e. The molecule has 1 aromatic heterocycles. The van der Waals surface area contributed by atoms with Crippen LogP contribution in [0.25, 0.3) is 0 Å². The van der Waals surface area contributed by atoms with Gasteiger partial charge in [0.1, 0.15) is 10.7 Å². The topological polar surface area (TPSA) is 85.1 Å². The maximum absolute atomic E-state index is 13.2. The van der Waals surface area contributed by atoms with E-state index >= 15 is 0 Å². The molecule has 0 radical (unpaired) electrons. The summed E-state index contributed by atoms with van der Waals surface area (Å²) >= 11 is 0. The minimum absolute atomic E-state index is 0.00730. The van der Waals surface area contributed by atoms with E-state index in [4.69, 9.17) is 5.73 Å². The molecule has 1 aromatic carbocycles. The smallest absolute Gasteiger partial charge is 0.243 e. The Bertz CT molecular complexity index is 705. The van der Waals surface area contributed by atoms with Crippen LogP contribution in [0.5, 0.6) is 0 Å². The molecular weight excluding hydrogens is 281 g/mol. The summed E-state index contributed by atoms with van der Waals surface area (Å²) in [6.45, 7) is 1.65. The normalized spacial score (nSPS) is 13.1. The second kappa shape index (κ2) is 5.56. The molecule has 0 saturated carbocycles. The highest BCUT2D eigenvalue weighted by Gasteiger charge is 2.21. The zero-order valence-electron chi connectivity index (χ0n) is 10.7. The van der Waals surface area contributed by atoms with Crippen molar-refractivity contribution in [3.8, 4) is 0 Å². The van der Waals surface area contributed by atoms with Crippen molar-refractivity contribution >= 4 is 15.7 Å². The summed E-state index contributed by atoms with van der Waals surface area (Å²) in [6, 6.07) is 7.85. The van der Waals surface area contributed by atoms with Crippen molar-refractivity contribution in [1.29, 1.82) is 0 Å². The van der Waals surface area contributed by atoms with E-state index in [9.17, 15) is 12.8 Å². The Morgan fingerprint density at radius 1 is 1.30 bits per heavy atom. The second-order valence-corrected chi connectivity index (χ2v) is 5.96. The van der Waals surface area contributed by atoms with Crippen molar-refractivity contribution in [2.75, 3.05) is 5.73 Å². The van der Waals surface area contributed by atoms with Gasteiger partial charge in [-0.15, -0.1) is 0 Å². The van der Waals surface area contributed by atoms with Gasteiger partial charge in [-0.05, 0) is 37.3 Å². The molecule has 0 spiro atoms. The van der Waals surface area contributed by atoms with Gasteiger partial charge in [-0.1, -0.05) is 6.07 Å². The fourth-order valence-corrected chi connectivity index (χ4v) is 3.09. The average molecular weight is 295 g/mol. The highest BCUT2D eigenvalue weighted by atomic mass is 32.2. The van der Waals surface area contributed by atoms with E-state index in [0.717, 1.165) is 12.1 Å². The molecule has 2 rings (SSSR count). The van der Waals surface area contributed by atoms with Gasteiger partial charge in [-0.2, -0.15) is 0 Å². The summed E-state index contributed by atoms with van der Waals surface area (Å²) in [5.74, 6) is -0.662. The van der Waals surface area contributed by atoms with Gasteiger partial charge in [-0.3, -0.25) is 4.98 Å². The fourth-order valence-electron chi connectivity index (χ4n) is 1.73. The molecule has 5 nitrogen and oxygen atoms in total. The van der Waals surface area contributed by atoms with Crippen LogP contribution in [0, 0.1) is 5.82 Å². The molecule has 0 amide bonds. The number of pyridine rings is 1. The van der Waals surface area contributed by atoms with E-state index < -0.39 is 21.9 Å². The van der Waals surface area contributed by atoms with Gasteiger partial charge < -0.3 is 5.73 Å². The Morgan fingerprint density at radius 3 is 2.70 bits per heavy atom. The van der Waals surface area contributed by atoms with Crippen molar-refractivity contribution < 1.29 is 12.8 Å². The average Bonchev–Trinajstić information content (AvgIpc) is 2.42. The molecule has 0 saturated heterocycles. The number of hydrogen-bond acceptors (Lipinski definition) is 4. The molecule has 3 N–H and O–H groups in total. The summed E-state index contributed by atoms with van der Waals surface area (Å²) in [7, 11) is -3.92. The van der Waals surface area contributed by atoms with E-state index in [1.54, 1.807) is 31.3 Å². The molecule has 0 fully saturated rings. The van der Waals surface area contributed by atoms with Crippen molar-refractivity contribution in [3.05, 3.63) is 54.1 Å². The largest absolute Gasteiger partial charge is 0.398 e. The lowest BCUT2D eigenvalue weighted by molar-refractivity contribution is 0.561. The van der Waals surface area contributed by atoms with Crippen LogP contribution in [0.15, 0.2) is 47.5 Å². The van der Waals surface area contributed by atoms with E-state index in [1.165, 1.54) is 6.07 Å². The molecule has 0 aliphatic rings. The molecule has 0 aliphatic heterocycles. The summed E-state index contributed by atoms with van der Waals surface area (Å²) in [5, 5.41) is 0. The number of nitrogens with one attached hydrogen (secondary N) is 1. The van der Waals surface area contributed by atoms with E-state index in [1.807, 2.05) is 0 Å². The number of benzene rings is 1. The number of hydrogen-bond donors (Lipinski definition) is 2. The Kier molecular flexibility index (Phi) is 4.01. The first-order valence-corrected chi connectivity index (χ1v) is 7.37. The van der Waals surface area contributed by atoms with Crippen LogP contribution in [-0.4, -0.2) is 13.4 Å². The molecule has 1 heterocycles. The molecule has 7 heteroatoms. The molecule has 1 unspecified atom stereocenters. The number of aromatic nitrogens is 1. The van der Waals surface area contributed by atoms with Crippen LogP contribution < -0.4 is 10.5 Å². The van der Waals surface area contributed by atoms with Crippen LogP contribution in [0.2, 0.25) is 0 Å². The van der Waals surface area contributed by atoms with Crippen molar-refractivity contribution in [2.24, 2.45) is 0 Å². The third-order valence-corrected chi connectivity index (χ3v) is 4.32. The van der Waals surface area contributed by atoms with E-state index in [2.05, 4.69) is 9.71 Å². The van der Waals surface area contributed by atoms with Crippen molar-refractivity contribution in [3.63, 3.8) is 0 Å². The number of nitrogens with zero attached hydrogens (tertiary/aromatic N) is 1. The molecule has 20 heavy (non-hydrogen) atoms. The molecular formula is C13H14FN3O2S. The Morgan fingerprint density at radius 2 is 2.05 bits per heavy atom. The lowest BCUT2D eigenvalue weighted by Gasteiger charge is -2.14. The van der Waals surface area contributed by atoms with Crippen LogP contribution in [-0.2, 0) is 10.0 Å². The van der Waals surface area contributed by atoms with Gasteiger partial charge in [0, 0.05) is 6.20 Å². The first-order valence-electron chi connectivity index (χ1n) is 5.88. The number of halogens is 1. The van der Waals surface area contributed by atoms with Crippen LogP contribution in [0.1, 0.15) is 18.7 Å². The first kappa shape index (κ1) is 14.4. The Labute approximate surface area is 116 Å². The predicted molar refractivity (Wildman–Crippen MR) is 73.8 cm³/mol. The zero-order valence-corrected chi connectivity index (χ0v) is 11.6. The highest BCUT2D eigenvalue weighted by Crippen LogP contribution is 2.21. The molecule has 1 atom stereocenters. The third kappa shape index (κ3) is 3.12. The van der Waals surface area contributed by atoms with Gasteiger partial charge in [0.05, 0.1) is 17.4 Å². The predicted octanol–water partition coefficient (Wildman–Crippen LogP) is 1.84. The summed E-state index contributed by atoms with van der Waals surface area (Å²) in [6.07, 6.45) is 1.57. The second-order valence-electron chi connectivity index (χ2n) is 4.28. The number of anilines is 1. The summed E-state index contributed by atoms with van der Waals surface area (Å²) in [5.41, 5.74) is 6.14. The molecule has 106 valence electrons. The molecule has 0 aliphatic carbocycles. The van der Waals surface area contributed by atoms with Gasteiger partial charge in [0.25, 0.3) is 0 Å². The molecule has 0 bridgehead atoms. The monoisotopic (exact) mass is 295 g/mol. The van der Waals surface area contributed by atoms with E-state index in [0.29, 0.717) is 5.69 Å². The summed E-state index contributed by atoms with van der Waals surface area (Å²) in [4.78, 5) is 3.79. The number of nitrogen functional groups attached to an aromatic ring is 1. The van der Waals surface area contributed by atoms with Gasteiger partial charge in [-0.25, -0.2) is 17.5 Å². The Balaban J connectivity index is 2.30. The minimum atomic E-state index is -3.92. The first-order chi connectivity index (χ1) is 9.40. The van der Waals surface area contributed by atoms with Gasteiger partial charge >= 0.3 is 0 Å². The van der Waals surface area contributed by atoms with Crippen LogP contribution in [0.3, 0.4) is 0 Å². The number of sulfonamides is 1. The standard InChI is InChI=1S/C13H14FN3O2S/c1-9(12-4-2-3-7-16-12)17-20(18,19)13-8-10(14)5-6-11(13)15/h2-9,17H,15H2,1H3. The zero-order chi connectivity index (χ0) is 14.8. The highest BCUT2D eigenvalue weighted by molar-refractivity contribution is 7.89. The maximum atomic E-state index is 13.2. The lowest BCUT2D eigenvalue weighted by Crippen LogP contribution is -2.28. The third-order valence-electron chi connectivity index (χ3n) is 2.73. The fraction of sp³-hybridized carbons (Fsp3) is 0.154. The summed E-state index contributed by atoms with van der Waals surface area (Å²) < 4.78 is 40.0. The maximum Gasteiger partial charge on any atom is 0.243 e. The number of rotatable bonds is 4. The molecule has 2 aromatic rings. The van der Waals surface area contributed by atoms with Crippen LogP contribution in [0.4, 0.5) is 10.1 Å². The SMILES string of the molecule is CC(NS(=O)(=O)c1cc(F)ccc1N)c1ccccn1. The lowest BCUT2D eigenvalue weighted by atomic mass is 10.2. The van der Waals surface area contributed by atoms with Crippen molar-refractivity contribution in [1.82, 2.24) is 9.71 Å². The number of nitrogens with two attached hydrogens (primary N) is 1. The Hall–Kier alpha value is -1.99. The quantitative estimate of drug-likeness (QED) is 0.843. The van der Waals surface area contributed by atoms with Gasteiger partial charge in [0.15, 0.2) is 0 Å². The van der Waals surface area contributed by atoms with Crippen molar-refractivity contribution in [2.45, 2.75) is 17.9 Å². The van der Waals surface area contributed by atoms with E-state index in [-0.39, 0.29) is 10.6 Å².